The van der Waals surface area contributed by atoms with Crippen molar-refractivity contribution in [2.45, 2.75) is 70.9 Å². The predicted octanol–water partition coefficient (Wildman–Crippen LogP) is 6.76. The van der Waals surface area contributed by atoms with Gasteiger partial charge in [0.1, 0.15) is 5.60 Å². The Morgan fingerprint density at radius 1 is 1.06 bits per heavy atom. The van der Waals surface area contributed by atoms with Crippen LogP contribution in [0.5, 0.6) is 0 Å². The molecule has 1 fully saturated rings. The number of nitrogens with zero attached hydrogens (tertiary/aromatic N) is 3. The third-order valence-corrected chi connectivity index (χ3v) is 7.06. The van der Waals surface area contributed by atoms with Crippen LogP contribution in [0, 0.1) is 0 Å². The second-order valence-electron chi connectivity index (χ2n) is 10.7. The van der Waals surface area contributed by atoms with Crippen LogP contribution in [0.4, 0.5) is 10.5 Å². The van der Waals surface area contributed by atoms with Crippen LogP contribution in [-0.4, -0.2) is 38.9 Å². The number of amides is 1. The minimum Gasteiger partial charge on any atom is -0.478 e. The van der Waals surface area contributed by atoms with Crippen molar-refractivity contribution >= 4 is 28.7 Å². The van der Waals surface area contributed by atoms with Crippen LogP contribution in [0.15, 0.2) is 48.8 Å². The molecule has 7 nitrogen and oxygen atoms in total. The van der Waals surface area contributed by atoms with Gasteiger partial charge in [-0.05, 0) is 63.3 Å². The van der Waals surface area contributed by atoms with E-state index in [1.165, 1.54) is 24.8 Å². The zero-order valence-electron chi connectivity index (χ0n) is 21.2. The number of aromatic nitrogens is 2. The maximum absolute atomic E-state index is 13.3. The Balaban J connectivity index is 1.79. The molecule has 1 amide bonds. The van der Waals surface area contributed by atoms with Gasteiger partial charge in [-0.25, -0.2) is 9.59 Å². The number of carboxylic acid groups (broad SMARTS) is 1. The number of aromatic carboxylic acids is 1. The molecule has 2 aliphatic rings. The van der Waals surface area contributed by atoms with Crippen molar-refractivity contribution in [1.82, 2.24) is 9.55 Å². The fourth-order valence-electron chi connectivity index (χ4n) is 5.55. The van der Waals surface area contributed by atoms with Gasteiger partial charge in [-0.3, -0.25) is 9.88 Å². The highest BCUT2D eigenvalue weighted by atomic mass is 16.6. The second-order valence-corrected chi connectivity index (χ2v) is 10.7. The minimum absolute atomic E-state index is 0.267. The van der Waals surface area contributed by atoms with E-state index in [0.717, 1.165) is 40.7 Å². The molecule has 3 heterocycles. The number of rotatable bonds is 2. The van der Waals surface area contributed by atoms with E-state index >= 15 is 0 Å². The first kappa shape index (κ1) is 24.1. The Morgan fingerprint density at radius 3 is 2.53 bits per heavy atom. The van der Waals surface area contributed by atoms with Crippen molar-refractivity contribution in [3.05, 3.63) is 59.9 Å². The van der Waals surface area contributed by atoms with Gasteiger partial charge in [0.2, 0.25) is 0 Å². The fraction of sp³-hybridized carbons (Fsp3) is 0.414. The number of carbonyl (C=O) groups is 2. The lowest BCUT2D eigenvalue weighted by Gasteiger charge is -2.28. The molecule has 1 N–H and O–H groups in total. The molecule has 1 saturated carbocycles. The van der Waals surface area contributed by atoms with Gasteiger partial charge in [-0.2, -0.15) is 0 Å². The third kappa shape index (κ3) is 4.50. The number of hydrogen-bond donors (Lipinski definition) is 1. The van der Waals surface area contributed by atoms with E-state index in [4.69, 9.17) is 4.74 Å². The van der Waals surface area contributed by atoms with Crippen molar-refractivity contribution in [1.29, 1.82) is 0 Å². The number of anilines is 1. The van der Waals surface area contributed by atoms with Gasteiger partial charge in [-0.15, -0.1) is 0 Å². The van der Waals surface area contributed by atoms with Crippen LogP contribution < -0.4 is 4.90 Å². The molecule has 0 spiro atoms. The van der Waals surface area contributed by atoms with Crippen molar-refractivity contribution in [2.75, 3.05) is 11.4 Å². The van der Waals surface area contributed by atoms with E-state index in [0.29, 0.717) is 19.0 Å². The number of allylic oxidation sites excluding steroid dienone is 1. The van der Waals surface area contributed by atoms with Gasteiger partial charge in [0.15, 0.2) is 0 Å². The van der Waals surface area contributed by atoms with E-state index in [1.54, 1.807) is 23.2 Å². The van der Waals surface area contributed by atoms with Gasteiger partial charge in [0.25, 0.3) is 0 Å². The van der Waals surface area contributed by atoms with Gasteiger partial charge in [0.05, 0.1) is 16.9 Å². The molecule has 0 atom stereocenters. The SMILES string of the molecule is CC(C)(C)OC(=O)N1C/C=C\Cn2c(c(C3CCCCC3)c3ccc(C(=O)O)cc32)-c2cnccc21. The van der Waals surface area contributed by atoms with E-state index in [1.807, 2.05) is 51.3 Å². The lowest BCUT2D eigenvalue weighted by atomic mass is 9.81. The Labute approximate surface area is 211 Å². The number of carboxylic acids is 1. The molecule has 0 bridgehead atoms. The number of ether oxygens (including phenoxy) is 1. The summed E-state index contributed by atoms with van der Waals surface area (Å²) in [5.41, 5.74) is 4.39. The largest absolute Gasteiger partial charge is 0.478 e. The first-order chi connectivity index (χ1) is 17.2. The molecule has 5 rings (SSSR count). The minimum atomic E-state index is -0.941. The number of carbonyl (C=O) groups excluding carboxylic acids is 1. The van der Waals surface area contributed by atoms with Crippen LogP contribution in [0.2, 0.25) is 0 Å². The molecule has 36 heavy (non-hydrogen) atoms. The summed E-state index contributed by atoms with van der Waals surface area (Å²) < 4.78 is 7.96. The molecule has 188 valence electrons. The molecule has 0 radical (unpaired) electrons. The van der Waals surface area contributed by atoms with Gasteiger partial charge in [-0.1, -0.05) is 37.5 Å². The van der Waals surface area contributed by atoms with Crippen LogP contribution in [0.25, 0.3) is 22.2 Å². The highest BCUT2D eigenvalue weighted by Gasteiger charge is 2.31. The summed E-state index contributed by atoms with van der Waals surface area (Å²) in [6, 6.07) is 7.30. The van der Waals surface area contributed by atoms with Gasteiger partial charge < -0.3 is 14.4 Å². The molecule has 2 aromatic heterocycles. The van der Waals surface area contributed by atoms with Gasteiger partial charge in [0, 0.05) is 41.9 Å². The second kappa shape index (κ2) is 9.45. The summed E-state index contributed by atoms with van der Waals surface area (Å²) in [4.78, 5) is 31.3. The zero-order chi connectivity index (χ0) is 25.4. The summed E-state index contributed by atoms with van der Waals surface area (Å²) in [6.07, 6.45) is 12.9. The quantitative estimate of drug-likeness (QED) is 0.404. The fourth-order valence-corrected chi connectivity index (χ4v) is 5.55. The molecule has 0 saturated heterocycles. The summed E-state index contributed by atoms with van der Waals surface area (Å²) in [5, 5.41) is 10.8. The number of hydrogen-bond acceptors (Lipinski definition) is 4. The average Bonchev–Trinajstić information content (AvgIpc) is 3.19. The Bertz CT molecular complexity index is 1340. The molecule has 1 aliphatic heterocycles. The summed E-state index contributed by atoms with van der Waals surface area (Å²) >= 11 is 0. The zero-order valence-corrected chi connectivity index (χ0v) is 21.2. The first-order valence-electron chi connectivity index (χ1n) is 12.7. The maximum Gasteiger partial charge on any atom is 0.415 e. The molecule has 0 unspecified atom stereocenters. The van der Waals surface area contributed by atoms with Crippen molar-refractivity contribution < 1.29 is 19.4 Å². The van der Waals surface area contributed by atoms with E-state index in [-0.39, 0.29) is 5.56 Å². The van der Waals surface area contributed by atoms with Crippen molar-refractivity contribution in [2.24, 2.45) is 0 Å². The molecular formula is C29H33N3O4. The summed E-state index contributed by atoms with van der Waals surface area (Å²) in [5.74, 6) is -0.579. The van der Waals surface area contributed by atoms with Crippen LogP contribution in [0.3, 0.4) is 0 Å². The normalized spacial score (nSPS) is 17.5. The maximum atomic E-state index is 13.3. The summed E-state index contributed by atoms with van der Waals surface area (Å²) in [6.45, 7) is 6.53. The monoisotopic (exact) mass is 487 g/mol. The average molecular weight is 488 g/mol. The number of pyridine rings is 1. The molecular weight excluding hydrogens is 454 g/mol. The Hall–Kier alpha value is -3.61. The number of fused-ring (bicyclic) bond motifs is 5. The van der Waals surface area contributed by atoms with E-state index < -0.39 is 17.7 Å². The standard InChI is InChI=1S/C29H33N3O4/c1-29(2,3)36-28(35)32-16-8-7-15-31-24-17-20(27(33)34)11-12-21(24)25(19-9-5-4-6-10-19)26(31)22-18-30-14-13-23(22)32/h7-8,11-14,17-19H,4-6,9-10,15-16H2,1-3H3,(H,33,34)/b8-7-. The van der Waals surface area contributed by atoms with E-state index in [9.17, 15) is 14.7 Å². The van der Waals surface area contributed by atoms with Crippen LogP contribution in [0.1, 0.15) is 74.7 Å². The van der Waals surface area contributed by atoms with E-state index in [2.05, 4.69) is 9.55 Å². The highest BCUT2D eigenvalue weighted by molar-refractivity contribution is 6.01. The highest BCUT2D eigenvalue weighted by Crippen LogP contribution is 2.46. The molecule has 7 heteroatoms. The predicted molar refractivity (Wildman–Crippen MR) is 141 cm³/mol. The molecule has 1 aromatic carbocycles. The smallest absolute Gasteiger partial charge is 0.415 e. The topological polar surface area (TPSA) is 84.7 Å². The third-order valence-electron chi connectivity index (χ3n) is 7.06. The van der Waals surface area contributed by atoms with Gasteiger partial charge >= 0.3 is 12.1 Å². The molecule has 1 aliphatic carbocycles. The lowest BCUT2D eigenvalue weighted by Crippen LogP contribution is -2.37. The van der Waals surface area contributed by atoms with Crippen molar-refractivity contribution in [3.8, 4) is 11.3 Å². The molecule has 3 aromatic rings. The Morgan fingerprint density at radius 2 is 1.81 bits per heavy atom. The van der Waals surface area contributed by atoms with Crippen molar-refractivity contribution in [3.63, 3.8) is 0 Å². The van der Waals surface area contributed by atoms with Crippen LogP contribution >= 0.6 is 0 Å². The lowest BCUT2D eigenvalue weighted by molar-refractivity contribution is 0.0583. The number of benzene rings is 1. The van der Waals surface area contributed by atoms with Crippen LogP contribution in [-0.2, 0) is 11.3 Å². The Kier molecular flexibility index (Phi) is 6.33. The summed E-state index contributed by atoms with van der Waals surface area (Å²) in [7, 11) is 0. The first-order valence-corrected chi connectivity index (χ1v) is 12.7.